The zero-order chi connectivity index (χ0) is 11.8. The van der Waals surface area contributed by atoms with E-state index in [4.69, 9.17) is 5.11 Å². The fourth-order valence-corrected chi connectivity index (χ4v) is 1.90. The molecular weight excluding hydrogens is 226 g/mol. The summed E-state index contributed by atoms with van der Waals surface area (Å²) in [4.78, 5) is 19.0. The molecule has 1 heterocycles. The third kappa shape index (κ3) is 4.59. The summed E-state index contributed by atoms with van der Waals surface area (Å²) in [7, 11) is 0. The summed E-state index contributed by atoms with van der Waals surface area (Å²) in [5, 5.41) is 12.5. The quantitative estimate of drug-likeness (QED) is 0.548. The van der Waals surface area contributed by atoms with Crippen LogP contribution in [0.5, 0.6) is 0 Å². The number of carbonyl (C=O) groups is 1. The second-order valence-corrected chi connectivity index (χ2v) is 4.17. The predicted octanol–water partition coefficient (Wildman–Crippen LogP) is 1.02. The van der Waals surface area contributed by atoms with Crippen molar-refractivity contribution in [2.45, 2.75) is 24.5 Å². The van der Waals surface area contributed by atoms with Crippen molar-refractivity contribution in [3.63, 3.8) is 0 Å². The van der Waals surface area contributed by atoms with Crippen LogP contribution in [-0.4, -0.2) is 39.4 Å². The van der Waals surface area contributed by atoms with Crippen molar-refractivity contribution in [2.75, 3.05) is 12.3 Å². The number of rotatable bonds is 7. The number of nitrogens with one attached hydrogen (secondary N) is 1. The molecule has 1 atom stereocenters. The molecule has 1 aromatic rings. The van der Waals surface area contributed by atoms with Crippen molar-refractivity contribution in [2.24, 2.45) is 0 Å². The monoisotopic (exact) mass is 241 g/mol. The van der Waals surface area contributed by atoms with E-state index in [9.17, 15) is 4.79 Å². The average molecular weight is 241 g/mol. The van der Waals surface area contributed by atoms with E-state index in [0.29, 0.717) is 17.5 Å². The molecule has 0 saturated heterocycles. The van der Waals surface area contributed by atoms with Gasteiger partial charge in [-0.3, -0.25) is 4.79 Å². The first-order valence-electron chi connectivity index (χ1n) is 5.10. The molecule has 0 bridgehead atoms. The van der Waals surface area contributed by atoms with Crippen LogP contribution in [0.2, 0.25) is 0 Å². The van der Waals surface area contributed by atoms with Crippen LogP contribution in [0.15, 0.2) is 23.6 Å². The highest BCUT2D eigenvalue weighted by molar-refractivity contribution is 7.99. The molecule has 5 nitrogen and oxygen atoms in total. The second-order valence-electron chi connectivity index (χ2n) is 3.19. The molecule has 0 spiro atoms. The molecule has 0 aliphatic heterocycles. The van der Waals surface area contributed by atoms with Crippen LogP contribution in [0, 0.1) is 0 Å². The number of aliphatic carboxylic acids is 1. The molecular formula is C10H15N3O2S. The molecule has 0 aliphatic rings. The van der Waals surface area contributed by atoms with Gasteiger partial charge in [-0.2, -0.15) is 0 Å². The summed E-state index contributed by atoms with van der Waals surface area (Å²) < 4.78 is 0. The van der Waals surface area contributed by atoms with E-state index in [1.165, 1.54) is 11.8 Å². The smallest absolute Gasteiger partial charge is 0.321 e. The van der Waals surface area contributed by atoms with Crippen LogP contribution in [0.1, 0.15) is 13.3 Å². The molecule has 0 aromatic carbocycles. The van der Waals surface area contributed by atoms with E-state index in [1.807, 2.05) is 6.92 Å². The molecule has 1 rings (SSSR count). The lowest BCUT2D eigenvalue weighted by atomic mass is 10.3. The third-order valence-electron chi connectivity index (χ3n) is 1.86. The summed E-state index contributed by atoms with van der Waals surface area (Å²) >= 11 is 1.34. The molecule has 1 unspecified atom stereocenters. The Labute approximate surface area is 98.7 Å². The second kappa shape index (κ2) is 7.19. The first kappa shape index (κ1) is 12.9. The van der Waals surface area contributed by atoms with Gasteiger partial charge in [0, 0.05) is 18.1 Å². The largest absolute Gasteiger partial charge is 0.480 e. The summed E-state index contributed by atoms with van der Waals surface area (Å²) in [6, 6.07) is 1.18. The van der Waals surface area contributed by atoms with Gasteiger partial charge in [-0.25, -0.2) is 9.97 Å². The summed E-state index contributed by atoms with van der Waals surface area (Å²) in [6.07, 6.45) is 4.20. The lowest BCUT2D eigenvalue weighted by molar-refractivity contribution is -0.138. The van der Waals surface area contributed by atoms with Crippen LogP contribution in [-0.2, 0) is 4.79 Å². The minimum atomic E-state index is -0.836. The lowest BCUT2D eigenvalue weighted by Crippen LogP contribution is -2.39. The maximum atomic E-state index is 10.9. The molecule has 16 heavy (non-hydrogen) atoms. The molecule has 6 heteroatoms. The van der Waals surface area contributed by atoms with Crippen molar-refractivity contribution < 1.29 is 9.90 Å². The van der Waals surface area contributed by atoms with Gasteiger partial charge in [-0.05, 0) is 19.0 Å². The normalized spacial score (nSPS) is 12.3. The van der Waals surface area contributed by atoms with E-state index in [2.05, 4.69) is 15.3 Å². The Morgan fingerprint density at radius 3 is 2.81 bits per heavy atom. The highest BCUT2D eigenvalue weighted by Gasteiger charge is 2.16. The lowest BCUT2D eigenvalue weighted by Gasteiger charge is -2.12. The van der Waals surface area contributed by atoms with Gasteiger partial charge < -0.3 is 10.4 Å². The minimum absolute atomic E-state index is 0.430. The highest BCUT2D eigenvalue weighted by atomic mass is 32.2. The van der Waals surface area contributed by atoms with Gasteiger partial charge in [0.1, 0.15) is 6.04 Å². The number of nitrogens with zero attached hydrogens (tertiary/aromatic N) is 2. The van der Waals surface area contributed by atoms with Crippen LogP contribution in [0.4, 0.5) is 0 Å². The Hall–Kier alpha value is -1.14. The van der Waals surface area contributed by atoms with Crippen LogP contribution in [0.25, 0.3) is 0 Å². The number of thioether (sulfide) groups is 1. The minimum Gasteiger partial charge on any atom is -0.480 e. The maximum absolute atomic E-state index is 10.9. The fraction of sp³-hybridized carbons (Fsp3) is 0.500. The summed E-state index contributed by atoms with van der Waals surface area (Å²) in [5.41, 5.74) is 0. The van der Waals surface area contributed by atoms with Gasteiger partial charge in [0.05, 0.1) is 0 Å². The standard InChI is InChI=1S/C10H15N3O2S/c1-2-4-11-8(9(14)15)7-16-10-12-5-3-6-13-10/h3,5-6,8,11H,2,4,7H2,1H3,(H,14,15). The topological polar surface area (TPSA) is 75.1 Å². The van der Waals surface area contributed by atoms with E-state index < -0.39 is 12.0 Å². The molecule has 88 valence electrons. The molecule has 0 saturated carbocycles. The number of carboxylic acids is 1. The van der Waals surface area contributed by atoms with Crippen molar-refractivity contribution in [1.82, 2.24) is 15.3 Å². The Kier molecular flexibility index (Phi) is 5.81. The Morgan fingerprint density at radius 1 is 1.56 bits per heavy atom. The molecule has 0 amide bonds. The van der Waals surface area contributed by atoms with Gasteiger partial charge >= 0.3 is 5.97 Å². The van der Waals surface area contributed by atoms with E-state index >= 15 is 0 Å². The van der Waals surface area contributed by atoms with E-state index in [1.54, 1.807) is 18.5 Å². The van der Waals surface area contributed by atoms with Gasteiger partial charge in [-0.15, -0.1) is 0 Å². The Balaban J connectivity index is 2.41. The van der Waals surface area contributed by atoms with Crippen molar-refractivity contribution >= 4 is 17.7 Å². The maximum Gasteiger partial charge on any atom is 0.321 e. The molecule has 0 aliphatic carbocycles. The molecule has 0 fully saturated rings. The number of hydrogen-bond donors (Lipinski definition) is 2. The van der Waals surface area contributed by atoms with Crippen LogP contribution in [0.3, 0.4) is 0 Å². The Morgan fingerprint density at radius 2 is 2.25 bits per heavy atom. The number of hydrogen-bond acceptors (Lipinski definition) is 5. The molecule has 1 aromatic heterocycles. The van der Waals surface area contributed by atoms with E-state index in [0.717, 1.165) is 6.42 Å². The highest BCUT2D eigenvalue weighted by Crippen LogP contribution is 2.12. The van der Waals surface area contributed by atoms with Gasteiger partial charge in [-0.1, -0.05) is 18.7 Å². The third-order valence-corrected chi connectivity index (χ3v) is 2.83. The summed E-state index contributed by atoms with van der Waals surface area (Å²) in [5.74, 6) is -0.406. The summed E-state index contributed by atoms with van der Waals surface area (Å²) in [6.45, 7) is 2.70. The van der Waals surface area contributed by atoms with Crippen molar-refractivity contribution in [1.29, 1.82) is 0 Å². The van der Waals surface area contributed by atoms with Crippen molar-refractivity contribution in [3.8, 4) is 0 Å². The fourth-order valence-electron chi connectivity index (χ4n) is 1.05. The Bertz CT molecular complexity index is 321. The number of carboxylic acid groups (broad SMARTS) is 1. The zero-order valence-corrected chi connectivity index (χ0v) is 9.91. The van der Waals surface area contributed by atoms with Gasteiger partial charge in [0.15, 0.2) is 5.16 Å². The van der Waals surface area contributed by atoms with E-state index in [-0.39, 0.29) is 0 Å². The predicted molar refractivity (Wildman–Crippen MR) is 62.5 cm³/mol. The van der Waals surface area contributed by atoms with Gasteiger partial charge in [0.25, 0.3) is 0 Å². The average Bonchev–Trinajstić information content (AvgIpc) is 2.30. The van der Waals surface area contributed by atoms with Crippen LogP contribution < -0.4 is 5.32 Å². The first-order valence-corrected chi connectivity index (χ1v) is 6.08. The zero-order valence-electron chi connectivity index (χ0n) is 9.09. The van der Waals surface area contributed by atoms with Crippen molar-refractivity contribution in [3.05, 3.63) is 18.5 Å². The SMILES string of the molecule is CCCNC(CSc1ncccn1)C(=O)O. The number of aromatic nitrogens is 2. The molecule has 0 radical (unpaired) electrons. The molecule has 2 N–H and O–H groups in total. The van der Waals surface area contributed by atoms with Gasteiger partial charge in [0.2, 0.25) is 0 Å². The first-order chi connectivity index (χ1) is 7.74. The van der Waals surface area contributed by atoms with Crippen LogP contribution >= 0.6 is 11.8 Å².